The number of ether oxygens (including phenoxy) is 2. The van der Waals surface area contributed by atoms with Crippen LogP contribution in [0, 0.1) is 5.92 Å². The van der Waals surface area contributed by atoms with Gasteiger partial charge in [-0.25, -0.2) is 9.97 Å². The number of aliphatic hydroxyl groups is 1. The monoisotopic (exact) mass is 479 g/mol. The molecule has 2 aliphatic rings. The van der Waals surface area contributed by atoms with Crippen LogP contribution in [0.5, 0.6) is 11.5 Å². The number of fused-ring (bicyclic) bond motifs is 1. The molecule has 3 aromatic rings. The van der Waals surface area contributed by atoms with Crippen LogP contribution in [-0.2, 0) is 4.79 Å². The summed E-state index contributed by atoms with van der Waals surface area (Å²) in [7, 11) is 1.61. The molecule has 3 heterocycles. The third-order valence-corrected chi connectivity index (χ3v) is 6.64. The average molecular weight is 480 g/mol. The van der Waals surface area contributed by atoms with Gasteiger partial charge in [0.15, 0.2) is 0 Å². The highest BCUT2D eigenvalue weighted by Crippen LogP contribution is 2.37. The van der Waals surface area contributed by atoms with Crippen LogP contribution in [0.25, 0.3) is 22.3 Å². The van der Waals surface area contributed by atoms with Gasteiger partial charge in [-0.3, -0.25) is 9.59 Å². The molecule has 3 N–H and O–H groups in total. The molecular formula is C25H29N5O5. The number of hydrogen-bond acceptors (Lipinski definition) is 7. The van der Waals surface area contributed by atoms with Crippen molar-refractivity contribution in [2.75, 3.05) is 33.4 Å². The van der Waals surface area contributed by atoms with Crippen LogP contribution in [0.2, 0.25) is 0 Å². The fraction of sp³-hybridized carbons (Fsp3) is 0.440. The highest BCUT2D eigenvalue weighted by atomic mass is 16.5. The highest BCUT2D eigenvalue weighted by Gasteiger charge is 2.26. The van der Waals surface area contributed by atoms with E-state index in [1.165, 1.54) is 19.2 Å². The maximum Gasteiger partial charge on any atom is 0.255 e. The van der Waals surface area contributed by atoms with Gasteiger partial charge in [-0.05, 0) is 49.8 Å². The number of nitrogens with one attached hydrogen (secondary N) is 2. The molecule has 1 saturated carbocycles. The summed E-state index contributed by atoms with van der Waals surface area (Å²) in [5.41, 5.74) is 3.00. The molecular weight excluding hydrogens is 450 g/mol. The molecule has 5 rings (SSSR count). The second-order valence-corrected chi connectivity index (χ2v) is 9.05. The molecule has 1 saturated heterocycles. The topological polar surface area (TPSA) is 130 Å². The van der Waals surface area contributed by atoms with Gasteiger partial charge in [0.1, 0.15) is 35.6 Å². The Kier molecular flexibility index (Phi) is 6.54. The van der Waals surface area contributed by atoms with E-state index in [0.717, 1.165) is 5.56 Å². The van der Waals surface area contributed by atoms with Crippen molar-refractivity contribution in [1.82, 2.24) is 25.2 Å². The summed E-state index contributed by atoms with van der Waals surface area (Å²) in [5, 5.41) is 12.1. The standard InChI is InChI=1S/C25H29N5O5/c1-34-17-4-5-20(35-13-15-2-3-15)18(10-17)22-24-23(28-14-27-22)19(11-26-24)25(33)29-16-6-8-30(9-7-16)21(32)12-31/h4-5,10-11,14-16,26,31H,2-3,6-9,12-13H2,1H3,(H,29,33). The number of piperidine rings is 1. The first-order valence-corrected chi connectivity index (χ1v) is 11.9. The predicted octanol–water partition coefficient (Wildman–Crippen LogP) is 2.14. The van der Waals surface area contributed by atoms with Crippen molar-refractivity contribution >= 4 is 22.8 Å². The zero-order valence-corrected chi connectivity index (χ0v) is 19.6. The van der Waals surface area contributed by atoms with E-state index in [2.05, 4.69) is 20.3 Å². The summed E-state index contributed by atoms with van der Waals surface area (Å²) in [6.07, 6.45) is 6.74. The number of aromatic nitrogens is 3. The van der Waals surface area contributed by atoms with Crippen LogP contribution in [-0.4, -0.2) is 76.2 Å². The maximum atomic E-state index is 13.1. The summed E-state index contributed by atoms with van der Waals surface area (Å²) in [5.74, 6) is 1.48. The Morgan fingerprint density at radius 3 is 2.71 bits per heavy atom. The van der Waals surface area contributed by atoms with E-state index >= 15 is 0 Å². The summed E-state index contributed by atoms with van der Waals surface area (Å²) in [6, 6.07) is 5.57. The molecule has 0 unspecified atom stereocenters. The number of aliphatic hydroxyl groups excluding tert-OH is 1. The summed E-state index contributed by atoms with van der Waals surface area (Å²) in [4.78, 5) is 38.5. The Bertz CT molecular complexity index is 1230. The van der Waals surface area contributed by atoms with Crippen molar-refractivity contribution in [2.24, 2.45) is 5.92 Å². The Balaban J connectivity index is 1.38. The number of carbonyl (C=O) groups is 2. The van der Waals surface area contributed by atoms with E-state index < -0.39 is 6.61 Å². The fourth-order valence-corrected chi connectivity index (χ4v) is 4.39. The zero-order chi connectivity index (χ0) is 24.4. The van der Waals surface area contributed by atoms with Gasteiger partial charge in [-0.2, -0.15) is 0 Å². The van der Waals surface area contributed by atoms with Gasteiger partial charge in [0.2, 0.25) is 5.91 Å². The number of likely N-dealkylation sites (tertiary alicyclic amines) is 1. The number of aromatic amines is 1. The quantitative estimate of drug-likeness (QED) is 0.451. The Morgan fingerprint density at radius 1 is 1.20 bits per heavy atom. The summed E-state index contributed by atoms with van der Waals surface area (Å²) in [6.45, 7) is 1.18. The number of rotatable bonds is 8. The SMILES string of the molecule is COc1ccc(OCC2CC2)c(-c2ncnc3c(C(=O)NC4CCN(C(=O)CO)CC4)c[nH]c23)c1. The van der Waals surface area contributed by atoms with E-state index in [0.29, 0.717) is 72.2 Å². The molecule has 0 bridgehead atoms. The molecule has 35 heavy (non-hydrogen) atoms. The van der Waals surface area contributed by atoms with Gasteiger partial charge >= 0.3 is 0 Å². The van der Waals surface area contributed by atoms with Crippen molar-refractivity contribution in [2.45, 2.75) is 31.7 Å². The zero-order valence-electron chi connectivity index (χ0n) is 19.6. The van der Waals surface area contributed by atoms with Gasteiger partial charge in [0.25, 0.3) is 5.91 Å². The van der Waals surface area contributed by atoms with Crippen molar-refractivity contribution in [1.29, 1.82) is 0 Å². The number of nitrogens with zero attached hydrogens (tertiary/aromatic N) is 3. The van der Waals surface area contributed by atoms with Crippen molar-refractivity contribution in [3.8, 4) is 22.8 Å². The maximum absolute atomic E-state index is 13.1. The molecule has 0 atom stereocenters. The average Bonchev–Trinajstić information content (AvgIpc) is 3.62. The third-order valence-electron chi connectivity index (χ3n) is 6.64. The van der Waals surface area contributed by atoms with Gasteiger partial charge < -0.3 is 29.8 Å². The van der Waals surface area contributed by atoms with Crippen LogP contribution in [0.3, 0.4) is 0 Å². The number of methoxy groups -OCH3 is 1. The smallest absolute Gasteiger partial charge is 0.255 e. The molecule has 2 amide bonds. The minimum absolute atomic E-state index is 0.0580. The predicted molar refractivity (Wildman–Crippen MR) is 128 cm³/mol. The molecule has 0 spiro atoms. The number of H-pyrrole nitrogens is 1. The number of hydrogen-bond donors (Lipinski definition) is 3. The largest absolute Gasteiger partial charge is 0.497 e. The van der Waals surface area contributed by atoms with Gasteiger partial charge in [0, 0.05) is 30.9 Å². The number of carbonyl (C=O) groups excluding carboxylic acids is 2. The molecule has 0 radical (unpaired) electrons. The number of amides is 2. The second kappa shape index (κ2) is 9.91. The first-order valence-electron chi connectivity index (χ1n) is 11.9. The third kappa shape index (κ3) is 4.93. The minimum atomic E-state index is -0.491. The van der Waals surface area contributed by atoms with Crippen molar-refractivity contribution in [3.63, 3.8) is 0 Å². The van der Waals surface area contributed by atoms with Crippen molar-refractivity contribution in [3.05, 3.63) is 36.3 Å². The molecule has 10 nitrogen and oxygen atoms in total. The lowest BCUT2D eigenvalue weighted by Crippen LogP contribution is -2.47. The molecule has 1 aromatic carbocycles. The lowest BCUT2D eigenvalue weighted by molar-refractivity contribution is -0.135. The molecule has 1 aliphatic heterocycles. The van der Waals surface area contributed by atoms with E-state index in [-0.39, 0.29) is 17.9 Å². The summed E-state index contributed by atoms with van der Waals surface area (Å²) >= 11 is 0. The van der Waals surface area contributed by atoms with Crippen LogP contribution in [0.1, 0.15) is 36.0 Å². The number of benzene rings is 1. The molecule has 2 aromatic heterocycles. The Labute approximate surface area is 202 Å². The Morgan fingerprint density at radius 2 is 2.00 bits per heavy atom. The molecule has 10 heteroatoms. The molecule has 2 fully saturated rings. The second-order valence-electron chi connectivity index (χ2n) is 9.05. The van der Waals surface area contributed by atoms with Crippen molar-refractivity contribution < 1.29 is 24.2 Å². The van der Waals surface area contributed by atoms with Crippen LogP contribution >= 0.6 is 0 Å². The highest BCUT2D eigenvalue weighted by molar-refractivity contribution is 6.08. The fourth-order valence-electron chi connectivity index (χ4n) is 4.39. The van der Waals surface area contributed by atoms with E-state index in [4.69, 9.17) is 14.6 Å². The first kappa shape index (κ1) is 23.1. The van der Waals surface area contributed by atoms with Gasteiger partial charge in [0.05, 0.1) is 24.8 Å². The van der Waals surface area contributed by atoms with E-state index in [1.54, 1.807) is 18.2 Å². The minimum Gasteiger partial charge on any atom is -0.497 e. The lowest BCUT2D eigenvalue weighted by Gasteiger charge is -2.32. The summed E-state index contributed by atoms with van der Waals surface area (Å²) < 4.78 is 11.5. The first-order chi connectivity index (χ1) is 17.1. The molecule has 184 valence electrons. The Hall–Kier alpha value is -3.66. The van der Waals surface area contributed by atoms with Crippen LogP contribution < -0.4 is 14.8 Å². The van der Waals surface area contributed by atoms with E-state index in [1.807, 2.05) is 18.2 Å². The van der Waals surface area contributed by atoms with Crippen LogP contribution in [0.15, 0.2) is 30.7 Å². The van der Waals surface area contributed by atoms with Crippen LogP contribution in [0.4, 0.5) is 0 Å². The van der Waals surface area contributed by atoms with E-state index in [9.17, 15) is 9.59 Å². The normalized spacial score (nSPS) is 16.3. The molecule has 1 aliphatic carbocycles. The van der Waals surface area contributed by atoms with Gasteiger partial charge in [-0.15, -0.1) is 0 Å². The van der Waals surface area contributed by atoms with Gasteiger partial charge in [-0.1, -0.05) is 0 Å². The lowest BCUT2D eigenvalue weighted by atomic mass is 10.0.